The number of aromatic nitrogens is 2. The summed E-state index contributed by atoms with van der Waals surface area (Å²) in [5.74, 6) is 0.110. The van der Waals surface area contributed by atoms with Crippen LogP contribution in [0.5, 0.6) is 0 Å². The molecule has 1 N–H and O–H groups in total. The molecule has 0 unspecified atom stereocenters. The molecule has 2 aromatic rings. The summed E-state index contributed by atoms with van der Waals surface area (Å²) in [6.07, 6.45) is 5.82. The number of anilines is 1. The van der Waals surface area contributed by atoms with Gasteiger partial charge in [0.1, 0.15) is 11.8 Å². The Kier molecular flexibility index (Phi) is 5.32. The number of fused-ring (bicyclic) bond motifs is 1. The van der Waals surface area contributed by atoms with Crippen molar-refractivity contribution in [3.63, 3.8) is 0 Å². The third-order valence-electron chi connectivity index (χ3n) is 7.32. The highest BCUT2D eigenvalue weighted by molar-refractivity contribution is 5.83. The first-order valence-corrected chi connectivity index (χ1v) is 11.4. The van der Waals surface area contributed by atoms with Crippen LogP contribution in [0, 0.1) is 16.7 Å². The van der Waals surface area contributed by atoms with Crippen molar-refractivity contribution >= 4 is 17.1 Å². The molecule has 0 radical (unpaired) electrons. The van der Waals surface area contributed by atoms with Crippen LogP contribution in [0.4, 0.5) is 5.69 Å². The van der Waals surface area contributed by atoms with E-state index < -0.39 is 6.10 Å². The molecule has 8 heteroatoms. The molecular weight excluding hydrogens is 392 g/mol. The molecule has 2 aromatic heterocycles. The number of rotatable bonds is 2. The first-order chi connectivity index (χ1) is 15.1. The van der Waals surface area contributed by atoms with Crippen LogP contribution in [0.25, 0.3) is 5.52 Å². The third kappa shape index (κ3) is 3.77. The van der Waals surface area contributed by atoms with Crippen molar-refractivity contribution in [1.82, 2.24) is 19.8 Å². The minimum Gasteiger partial charge on any atom is -0.364 e. The van der Waals surface area contributed by atoms with Crippen molar-refractivity contribution in [2.45, 2.75) is 44.8 Å². The van der Waals surface area contributed by atoms with Crippen LogP contribution in [-0.2, 0) is 9.53 Å². The number of nitriles is 1. The number of piperidine rings is 2. The Balaban J connectivity index is 1.31. The minimum atomic E-state index is -0.468. The fourth-order valence-electron chi connectivity index (χ4n) is 5.50. The molecule has 0 aliphatic carbocycles. The normalized spacial score (nSPS) is 26.2. The maximum atomic E-state index is 13.4. The lowest BCUT2D eigenvalue weighted by atomic mass is 9.71. The van der Waals surface area contributed by atoms with Crippen molar-refractivity contribution in [1.29, 1.82) is 5.26 Å². The number of carbonyl (C=O) groups excluding carboxylic acids is 1. The van der Waals surface area contributed by atoms with Gasteiger partial charge in [0.25, 0.3) is 5.91 Å². The van der Waals surface area contributed by atoms with Gasteiger partial charge in [0.15, 0.2) is 6.10 Å². The largest absolute Gasteiger partial charge is 0.364 e. The van der Waals surface area contributed by atoms with Gasteiger partial charge >= 0.3 is 0 Å². The topological polar surface area (TPSA) is 85.9 Å². The van der Waals surface area contributed by atoms with E-state index >= 15 is 0 Å². The molecule has 0 saturated carbocycles. The number of nitrogens with one attached hydrogen (secondary N) is 1. The first kappa shape index (κ1) is 20.3. The van der Waals surface area contributed by atoms with E-state index in [0.717, 1.165) is 50.2 Å². The van der Waals surface area contributed by atoms with Crippen molar-refractivity contribution in [2.75, 3.05) is 44.2 Å². The highest BCUT2D eigenvalue weighted by atomic mass is 16.5. The summed E-state index contributed by atoms with van der Waals surface area (Å²) in [6.45, 7) is 7.09. The van der Waals surface area contributed by atoms with Crippen LogP contribution in [0.2, 0.25) is 0 Å². The summed E-state index contributed by atoms with van der Waals surface area (Å²) in [6, 6.07) is 7.84. The van der Waals surface area contributed by atoms with Crippen molar-refractivity contribution in [3.8, 4) is 6.07 Å². The van der Waals surface area contributed by atoms with Crippen LogP contribution < -0.4 is 10.2 Å². The van der Waals surface area contributed by atoms with Gasteiger partial charge in [0.2, 0.25) is 0 Å². The molecule has 3 aliphatic heterocycles. The molecule has 1 spiro atoms. The van der Waals surface area contributed by atoms with E-state index in [1.807, 2.05) is 24.0 Å². The maximum absolute atomic E-state index is 13.4. The zero-order chi connectivity index (χ0) is 21.4. The van der Waals surface area contributed by atoms with Crippen molar-refractivity contribution in [3.05, 3.63) is 30.1 Å². The number of likely N-dealkylation sites (tertiary alicyclic amines) is 1. The molecule has 3 saturated heterocycles. The van der Waals surface area contributed by atoms with Gasteiger partial charge in [-0.2, -0.15) is 10.4 Å². The van der Waals surface area contributed by atoms with Gasteiger partial charge in [0, 0.05) is 19.6 Å². The molecular formula is C23H30N6O2. The van der Waals surface area contributed by atoms with Gasteiger partial charge in [-0.1, -0.05) is 0 Å². The molecule has 0 aromatic carbocycles. The average Bonchev–Trinajstić information content (AvgIpc) is 3.29. The fourth-order valence-corrected chi connectivity index (χ4v) is 5.50. The number of morpholine rings is 1. The number of pyridine rings is 1. The van der Waals surface area contributed by atoms with Crippen molar-refractivity contribution < 1.29 is 9.53 Å². The minimum absolute atomic E-state index is 0.0538. The lowest BCUT2D eigenvalue weighted by molar-refractivity contribution is -0.150. The third-order valence-corrected chi connectivity index (χ3v) is 7.32. The van der Waals surface area contributed by atoms with Gasteiger partial charge in [-0.05, 0) is 69.3 Å². The Labute approximate surface area is 182 Å². The lowest BCUT2D eigenvalue weighted by Gasteiger charge is -2.46. The first-order valence-electron chi connectivity index (χ1n) is 11.4. The zero-order valence-electron chi connectivity index (χ0n) is 18.1. The SMILES string of the molecule is C[C@@H]1CN(c2ccc(C#N)n3nccc23)C[C@H](C(=O)N2CCC3(CCNCC3)CC2)O1. The Morgan fingerprint density at radius 1 is 1.19 bits per heavy atom. The Morgan fingerprint density at radius 3 is 2.71 bits per heavy atom. The number of nitrogens with zero attached hydrogens (tertiary/aromatic N) is 5. The number of hydrogen-bond donors (Lipinski definition) is 1. The van der Waals surface area contributed by atoms with Crippen molar-refractivity contribution in [2.24, 2.45) is 5.41 Å². The summed E-state index contributed by atoms with van der Waals surface area (Å²) >= 11 is 0. The second-order valence-corrected chi connectivity index (χ2v) is 9.26. The predicted molar refractivity (Wildman–Crippen MR) is 117 cm³/mol. The highest BCUT2D eigenvalue weighted by Crippen LogP contribution is 2.39. The number of carbonyl (C=O) groups is 1. The maximum Gasteiger partial charge on any atom is 0.253 e. The summed E-state index contributed by atoms with van der Waals surface area (Å²) in [5, 5.41) is 17.1. The summed E-state index contributed by atoms with van der Waals surface area (Å²) in [7, 11) is 0. The Bertz CT molecular complexity index is 995. The van der Waals surface area contributed by atoms with E-state index in [4.69, 9.17) is 4.74 Å². The quantitative estimate of drug-likeness (QED) is 0.794. The smallest absolute Gasteiger partial charge is 0.253 e. The lowest BCUT2D eigenvalue weighted by Crippen LogP contribution is -2.56. The van der Waals surface area contributed by atoms with E-state index in [9.17, 15) is 10.1 Å². The number of amides is 1. The van der Waals surface area contributed by atoms with Gasteiger partial charge in [-0.3, -0.25) is 4.79 Å². The highest BCUT2D eigenvalue weighted by Gasteiger charge is 2.40. The Hall–Kier alpha value is -2.63. The molecule has 164 valence electrons. The number of hydrogen-bond acceptors (Lipinski definition) is 6. The molecule has 31 heavy (non-hydrogen) atoms. The van der Waals surface area contributed by atoms with Gasteiger partial charge in [0.05, 0.1) is 30.0 Å². The van der Waals surface area contributed by atoms with Crippen LogP contribution in [0.1, 0.15) is 38.3 Å². The molecule has 5 rings (SSSR count). The number of ether oxygens (including phenoxy) is 1. The van der Waals surface area contributed by atoms with E-state index in [0.29, 0.717) is 24.2 Å². The van der Waals surface area contributed by atoms with E-state index in [2.05, 4.69) is 21.4 Å². The monoisotopic (exact) mass is 422 g/mol. The zero-order valence-corrected chi connectivity index (χ0v) is 18.1. The molecule has 3 fully saturated rings. The van der Waals surface area contributed by atoms with E-state index in [1.165, 1.54) is 12.8 Å². The predicted octanol–water partition coefficient (Wildman–Crippen LogP) is 1.79. The summed E-state index contributed by atoms with van der Waals surface area (Å²) < 4.78 is 7.77. The summed E-state index contributed by atoms with van der Waals surface area (Å²) in [4.78, 5) is 17.6. The van der Waals surface area contributed by atoms with Crippen LogP contribution in [0.3, 0.4) is 0 Å². The van der Waals surface area contributed by atoms with Crippen LogP contribution in [-0.4, -0.2) is 71.9 Å². The second-order valence-electron chi connectivity index (χ2n) is 9.26. The summed E-state index contributed by atoms with van der Waals surface area (Å²) in [5.41, 5.74) is 2.78. The molecule has 1 amide bonds. The second kappa shape index (κ2) is 8.13. The Morgan fingerprint density at radius 2 is 1.97 bits per heavy atom. The standard InChI is InChI=1S/C23H30N6O2/c1-17-15-28(19-3-2-18(14-24)29-20(19)4-9-26-29)16-21(31-17)22(30)27-12-7-23(8-13-27)5-10-25-11-6-23/h2-4,9,17,21,25H,5-8,10-13,15-16H2,1H3/t17-,21-/m1/s1. The van der Waals surface area contributed by atoms with Gasteiger partial charge in [-0.15, -0.1) is 0 Å². The van der Waals surface area contributed by atoms with Crippen LogP contribution >= 0.6 is 0 Å². The molecule has 2 atom stereocenters. The van der Waals surface area contributed by atoms with Gasteiger partial charge < -0.3 is 19.9 Å². The van der Waals surface area contributed by atoms with E-state index in [1.54, 1.807) is 16.8 Å². The average molecular weight is 423 g/mol. The van der Waals surface area contributed by atoms with E-state index in [-0.39, 0.29) is 12.0 Å². The molecule has 3 aliphatic rings. The molecule has 5 heterocycles. The van der Waals surface area contributed by atoms with Gasteiger partial charge in [-0.25, -0.2) is 4.52 Å². The molecule has 0 bridgehead atoms. The molecule has 8 nitrogen and oxygen atoms in total. The fraction of sp³-hybridized carbons (Fsp3) is 0.609. The van der Waals surface area contributed by atoms with Crippen LogP contribution in [0.15, 0.2) is 24.4 Å².